The summed E-state index contributed by atoms with van der Waals surface area (Å²) in [6.07, 6.45) is 0. The molecule has 25 heavy (non-hydrogen) atoms. The lowest BCUT2D eigenvalue weighted by Gasteiger charge is -2.04. The molecular formula is C18H15Cl2FN2S2. The van der Waals surface area contributed by atoms with E-state index in [1.165, 1.54) is 12.1 Å². The fraction of sp³-hybridized carbons (Fsp3) is 0.167. The van der Waals surface area contributed by atoms with Gasteiger partial charge in [0.2, 0.25) is 0 Å². The number of benzene rings is 2. The zero-order valence-corrected chi connectivity index (χ0v) is 16.5. The third kappa shape index (κ3) is 4.94. The molecule has 3 aromatic rings. The maximum atomic E-state index is 13.0. The van der Waals surface area contributed by atoms with Gasteiger partial charge in [-0.25, -0.2) is 4.39 Å². The Morgan fingerprint density at radius 3 is 2.12 bits per heavy atom. The lowest BCUT2D eigenvalue weighted by molar-refractivity contribution is 0.626. The molecule has 0 unspecified atom stereocenters. The van der Waals surface area contributed by atoms with Crippen molar-refractivity contribution in [2.75, 3.05) is 0 Å². The van der Waals surface area contributed by atoms with Crippen molar-refractivity contribution in [2.24, 2.45) is 7.05 Å². The Balaban J connectivity index is 1.70. The van der Waals surface area contributed by atoms with Gasteiger partial charge in [0.05, 0.1) is 5.69 Å². The molecule has 0 bridgehead atoms. The van der Waals surface area contributed by atoms with E-state index >= 15 is 0 Å². The molecule has 0 saturated heterocycles. The van der Waals surface area contributed by atoms with Crippen molar-refractivity contribution >= 4 is 46.7 Å². The molecule has 0 spiro atoms. The maximum Gasteiger partial charge on any atom is 0.131 e. The Hall–Kier alpha value is -1.14. The minimum atomic E-state index is -0.233. The van der Waals surface area contributed by atoms with E-state index in [-0.39, 0.29) is 5.82 Å². The first-order valence-corrected chi connectivity index (χ1v) is 10.2. The molecule has 0 amide bonds. The predicted molar refractivity (Wildman–Crippen MR) is 105 cm³/mol. The van der Waals surface area contributed by atoms with Gasteiger partial charge >= 0.3 is 0 Å². The maximum absolute atomic E-state index is 13.0. The number of aryl methyl sites for hydroxylation is 1. The van der Waals surface area contributed by atoms with Gasteiger partial charge in [-0.15, -0.1) is 23.5 Å². The van der Waals surface area contributed by atoms with Crippen LogP contribution in [-0.4, -0.2) is 9.78 Å². The predicted octanol–water partition coefficient (Wildman–Crippen LogP) is 6.45. The summed E-state index contributed by atoms with van der Waals surface area (Å²) in [6.45, 7) is 0. The number of halogens is 3. The zero-order valence-electron chi connectivity index (χ0n) is 13.4. The fourth-order valence-electron chi connectivity index (χ4n) is 2.23. The van der Waals surface area contributed by atoms with Crippen LogP contribution in [0, 0.1) is 5.82 Å². The number of hydrogen-bond acceptors (Lipinski definition) is 3. The second-order valence-corrected chi connectivity index (χ2v) is 8.22. The highest BCUT2D eigenvalue weighted by atomic mass is 35.5. The van der Waals surface area contributed by atoms with Gasteiger partial charge in [0.1, 0.15) is 11.0 Å². The van der Waals surface area contributed by atoms with Crippen LogP contribution in [0.2, 0.25) is 10.2 Å². The molecule has 0 aliphatic heterocycles. The highest BCUT2D eigenvalue weighted by Gasteiger charge is 2.15. The minimum Gasteiger partial charge on any atom is -0.256 e. The zero-order chi connectivity index (χ0) is 17.8. The van der Waals surface area contributed by atoms with Crippen LogP contribution in [-0.2, 0) is 18.6 Å². The number of hydrogen-bond donors (Lipinski definition) is 0. The SMILES string of the molecule is Cn1nc(CSc2ccc(Cl)cc2)c(CSc2ccc(F)cc2)c1Cl. The molecule has 7 heteroatoms. The van der Waals surface area contributed by atoms with Crippen molar-refractivity contribution in [3.63, 3.8) is 0 Å². The molecule has 0 N–H and O–H groups in total. The molecule has 0 saturated carbocycles. The van der Waals surface area contributed by atoms with Gasteiger partial charge in [-0.05, 0) is 48.5 Å². The summed E-state index contributed by atoms with van der Waals surface area (Å²) >= 11 is 15.6. The molecule has 0 aliphatic rings. The van der Waals surface area contributed by atoms with Crippen LogP contribution in [0.1, 0.15) is 11.3 Å². The first kappa shape index (κ1) is 18.6. The molecule has 0 atom stereocenters. The number of rotatable bonds is 6. The number of aromatic nitrogens is 2. The van der Waals surface area contributed by atoms with Crippen molar-refractivity contribution in [1.29, 1.82) is 0 Å². The molecule has 3 rings (SSSR count). The summed E-state index contributed by atoms with van der Waals surface area (Å²) in [6, 6.07) is 14.2. The Kier molecular flexibility index (Phi) is 6.34. The van der Waals surface area contributed by atoms with Crippen LogP contribution in [0.3, 0.4) is 0 Å². The molecule has 0 aliphatic carbocycles. The summed E-state index contributed by atoms with van der Waals surface area (Å²) in [5, 5.41) is 5.90. The standard InChI is InChI=1S/C18H15Cl2FN2S2/c1-23-18(20)16(10-24-15-8-4-13(21)5-9-15)17(22-23)11-25-14-6-2-12(19)3-7-14/h2-9H,10-11H2,1H3. The number of nitrogens with zero attached hydrogens (tertiary/aromatic N) is 2. The van der Waals surface area contributed by atoms with Crippen molar-refractivity contribution in [2.45, 2.75) is 21.3 Å². The summed E-state index contributed by atoms with van der Waals surface area (Å²) in [5.74, 6) is 1.18. The summed E-state index contributed by atoms with van der Waals surface area (Å²) in [5.41, 5.74) is 1.97. The van der Waals surface area contributed by atoms with Crippen molar-refractivity contribution in [3.8, 4) is 0 Å². The summed E-state index contributed by atoms with van der Waals surface area (Å²) in [7, 11) is 1.84. The Labute approximate surface area is 164 Å². The second kappa shape index (κ2) is 8.49. The normalized spacial score (nSPS) is 11.0. The quantitative estimate of drug-likeness (QED) is 0.433. The van der Waals surface area contributed by atoms with Gasteiger partial charge in [0, 0.05) is 38.9 Å². The Morgan fingerprint density at radius 2 is 1.48 bits per heavy atom. The van der Waals surface area contributed by atoms with E-state index in [1.54, 1.807) is 40.3 Å². The van der Waals surface area contributed by atoms with Crippen LogP contribution in [0.4, 0.5) is 4.39 Å². The molecule has 1 aromatic heterocycles. The van der Waals surface area contributed by atoms with Crippen molar-refractivity contribution in [3.05, 3.63) is 75.8 Å². The van der Waals surface area contributed by atoms with E-state index < -0.39 is 0 Å². The molecule has 2 nitrogen and oxygen atoms in total. The monoisotopic (exact) mass is 412 g/mol. The summed E-state index contributed by atoms with van der Waals surface area (Å²) in [4.78, 5) is 2.13. The average Bonchev–Trinajstić information content (AvgIpc) is 2.88. The van der Waals surface area contributed by atoms with E-state index in [2.05, 4.69) is 5.10 Å². The highest BCUT2D eigenvalue weighted by molar-refractivity contribution is 7.99. The molecular weight excluding hydrogens is 398 g/mol. The fourth-order valence-corrected chi connectivity index (χ4v) is 4.45. The topological polar surface area (TPSA) is 17.8 Å². The lowest BCUT2D eigenvalue weighted by atomic mass is 10.3. The molecule has 130 valence electrons. The third-order valence-corrected chi connectivity index (χ3v) is 6.32. The second-order valence-electron chi connectivity index (χ2n) is 5.32. The lowest BCUT2D eigenvalue weighted by Crippen LogP contribution is -1.91. The van der Waals surface area contributed by atoms with Crippen LogP contribution < -0.4 is 0 Å². The van der Waals surface area contributed by atoms with Gasteiger partial charge in [-0.1, -0.05) is 23.2 Å². The van der Waals surface area contributed by atoms with Crippen LogP contribution in [0.5, 0.6) is 0 Å². The first-order valence-electron chi connectivity index (χ1n) is 7.50. The number of thioether (sulfide) groups is 2. The van der Waals surface area contributed by atoms with Crippen LogP contribution in [0.15, 0.2) is 58.3 Å². The first-order chi connectivity index (χ1) is 12.0. The van der Waals surface area contributed by atoms with Crippen molar-refractivity contribution < 1.29 is 4.39 Å². The minimum absolute atomic E-state index is 0.233. The molecule has 0 radical (unpaired) electrons. The van der Waals surface area contributed by atoms with E-state index in [0.717, 1.165) is 31.8 Å². The average molecular weight is 413 g/mol. The van der Waals surface area contributed by atoms with Gasteiger partial charge in [-0.2, -0.15) is 5.10 Å². The largest absolute Gasteiger partial charge is 0.256 e. The third-order valence-electron chi connectivity index (χ3n) is 3.54. The van der Waals surface area contributed by atoms with Gasteiger partial charge in [0.15, 0.2) is 0 Å². The summed E-state index contributed by atoms with van der Waals surface area (Å²) < 4.78 is 14.7. The Morgan fingerprint density at radius 1 is 0.920 bits per heavy atom. The van der Waals surface area contributed by atoms with E-state index in [1.807, 2.05) is 31.3 Å². The van der Waals surface area contributed by atoms with Gasteiger partial charge in [0.25, 0.3) is 0 Å². The highest BCUT2D eigenvalue weighted by Crippen LogP contribution is 2.32. The molecule has 0 fully saturated rings. The van der Waals surface area contributed by atoms with E-state index in [4.69, 9.17) is 23.2 Å². The van der Waals surface area contributed by atoms with Gasteiger partial charge < -0.3 is 0 Å². The van der Waals surface area contributed by atoms with Gasteiger partial charge in [-0.3, -0.25) is 4.68 Å². The molecule has 1 heterocycles. The Bertz CT molecular complexity index is 849. The van der Waals surface area contributed by atoms with E-state index in [0.29, 0.717) is 10.9 Å². The smallest absolute Gasteiger partial charge is 0.131 e. The van der Waals surface area contributed by atoms with Crippen molar-refractivity contribution in [1.82, 2.24) is 9.78 Å². The molecule has 2 aromatic carbocycles. The van der Waals surface area contributed by atoms with Crippen LogP contribution >= 0.6 is 46.7 Å². The van der Waals surface area contributed by atoms with Crippen LogP contribution in [0.25, 0.3) is 0 Å². The van der Waals surface area contributed by atoms with E-state index in [9.17, 15) is 4.39 Å².